The van der Waals surface area contributed by atoms with Gasteiger partial charge in [0.2, 0.25) is 0 Å². The molecule has 0 saturated carbocycles. The van der Waals surface area contributed by atoms with Gasteiger partial charge in [0.1, 0.15) is 5.82 Å². The normalized spacial score (nSPS) is 26.1. The van der Waals surface area contributed by atoms with Crippen LogP contribution in [-0.2, 0) is 4.74 Å². The lowest BCUT2D eigenvalue weighted by Crippen LogP contribution is -2.49. The lowest BCUT2D eigenvalue weighted by molar-refractivity contribution is -0.0739. The van der Waals surface area contributed by atoms with Gasteiger partial charge in [-0.2, -0.15) is 0 Å². The molecule has 104 valence electrons. The van der Waals surface area contributed by atoms with Crippen molar-refractivity contribution in [2.75, 3.05) is 13.1 Å². The molecule has 0 aliphatic carbocycles. The highest BCUT2D eigenvalue weighted by Gasteiger charge is 2.31. The molecule has 2 rings (SSSR count). The molecule has 3 nitrogen and oxygen atoms in total. The van der Waals surface area contributed by atoms with Gasteiger partial charge in [-0.3, -0.25) is 4.90 Å². The van der Waals surface area contributed by atoms with Gasteiger partial charge in [-0.15, -0.1) is 0 Å². The van der Waals surface area contributed by atoms with Crippen molar-refractivity contribution in [2.45, 2.75) is 32.1 Å². The van der Waals surface area contributed by atoms with Crippen LogP contribution in [0.1, 0.15) is 25.5 Å². The molecule has 5 heteroatoms. The number of benzene rings is 1. The van der Waals surface area contributed by atoms with Crippen molar-refractivity contribution in [1.82, 2.24) is 4.90 Å². The molecule has 1 heterocycles. The average Bonchev–Trinajstić information content (AvgIpc) is 2.30. The van der Waals surface area contributed by atoms with Crippen LogP contribution >= 0.6 is 12.2 Å². The standard InChI is InChI=1S/C14H19FN2OS/c1-9-7-17(8-10(2)18-9)13(14(16)19)11-5-3-4-6-12(11)15/h3-6,9-10,13H,7-8H2,1-2H3,(H2,16,19). The minimum atomic E-state index is -0.370. The van der Waals surface area contributed by atoms with E-state index in [4.69, 9.17) is 22.7 Å². The summed E-state index contributed by atoms with van der Waals surface area (Å²) >= 11 is 5.15. The quantitative estimate of drug-likeness (QED) is 0.863. The number of nitrogens with two attached hydrogens (primary N) is 1. The van der Waals surface area contributed by atoms with Crippen LogP contribution in [0, 0.1) is 5.82 Å². The van der Waals surface area contributed by atoms with E-state index in [1.165, 1.54) is 6.07 Å². The van der Waals surface area contributed by atoms with E-state index in [-0.39, 0.29) is 24.1 Å². The van der Waals surface area contributed by atoms with Crippen LogP contribution in [0.3, 0.4) is 0 Å². The third kappa shape index (κ3) is 3.29. The van der Waals surface area contributed by atoms with Crippen LogP contribution in [0.4, 0.5) is 4.39 Å². The molecule has 1 aromatic rings. The molecule has 2 N–H and O–H groups in total. The first-order valence-electron chi connectivity index (χ1n) is 6.42. The van der Waals surface area contributed by atoms with Gasteiger partial charge in [-0.05, 0) is 19.9 Å². The van der Waals surface area contributed by atoms with E-state index in [1.807, 2.05) is 13.8 Å². The van der Waals surface area contributed by atoms with Gasteiger partial charge in [0.15, 0.2) is 0 Å². The fourth-order valence-electron chi connectivity index (χ4n) is 2.66. The molecule has 1 aromatic carbocycles. The highest BCUT2D eigenvalue weighted by molar-refractivity contribution is 7.80. The summed E-state index contributed by atoms with van der Waals surface area (Å²) in [5.74, 6) is -0.271. The smallest absolute Gasteiger partial charge is 0.128 e. The molecule has 1 aliphatic heterocycles. The molecular weight excluding hydrogens is 263 g/mol. The van der Waals surface area contributed by atoms with E-state index >= 15 is 0 Å². The molecular formula is C14H19FN2OS. The predicted octanol–water partition coefficient (Wildman–Crippen LogP) is 2.26. The van der Waals surface area contributed by atoms with Crippen LogP contribution in [-0.4, -0.2) is 35.2 Å². The second-order valence-electron chi connectivity index (χ2n) is 5.04. The van der Waals surface area contributed by atoms with Gasteiger partial charge in [-0.1, -0.05) is 30.4 Å². The fraction of sp³-hybridized carbons (Fsp3) is 0.500. The Morgan fingerprint density at radius 3 is 2.47 bits per heavy atom. The molecule has 0 radical (unpaired) electrons. The number of nitrogens with zero attached hydrogens (tertiary/aromatic N) is 1. The van der Waals surface area contributed by atoms with Gasteiger partial charge in [0.05, 0.1) is 23.2 Å². The largest absolute Gasteiger partial charge is 0.392 e. The maximum atomic E-state index is 14.0. The van der Waals surface area contributed by atoms with E-state index in [2.05, 4.69) is 4.90 Å². The fourth-order valence-corrected chi connectivity index (χ4v) is 2.93. The lowest BCUT2D eigenvalue weighted by Gasteiger charge is -2.40. The molecule has 0 bridgehead atoms. The van der Waals surface area contributed by atoms with Crippen molar-refractivity contribution in [3.63, 3.8) is 0 Å². The monoisotopic (exact) mass is 282 g/mol. The van der Waals surface area contributed by atoms with Crippen molar-refractivity contribution in [2.24, 2.45) is 5.73 Å². The van der Waals surface area contributed by atoms with Crippen LogP contribution in [0.2, 0.25) is 0 Å². The van der Waals surface area contributed by atoms with E-state index in [9.17, 15) is 4.39 Å². The second kappa shape index (κ2) is 5.94. The third-order valence-corrected chi connectivity index (χ3v) is 3.51. The first-order chi connectivity index (χ1) is 8.99. The van der Waals surface area contributed by atoms with Crippen LogP contribution in [0.5, 0.6) is 0 Å². The Kier molecular flexibility index (Phi) is 4.50. The zero-order valence-corrected chi connectivity index (χ0v) is 12.0. The Morgan fingerprint density at radius 1 is 1.37 bits per heavy atom. The average molecular weight is 282 g/mol. The molecule has 1 fully saturated rings. The van der Waals surface area contributed by atoms with E-state index < -0.39 is 0 Å². The molecule has 3 atom stereocenters. The minimum Gasteiger partial charge on any atom is -0.392 e. The number of ether oxygens (including phenoxy) is 1. The van der Waals surface area contributed by atoms with Crippen LogP contribution in [0.25, 0.3) is 0 Å². The number of halogens is 1. The number of hydrogen-bond donors (Lipinski definition) is 1. The third-order valence-electron chi connectivity index (χ3n) is 3.28. The van der Waals surface area contributed by atoms with Crippen LogP contribution in [0.15, 0.2) is 24.3 Å². The summed E-state index contributed by atoms with van der Waals surface area (Å²) in [5, 5.41) is 0. The zero-order chi connectivity index (χ0) is 14.0. The molecule has 0 spiro atoms. The summed E-state index contributed by atoms with van der Waals surface area (Å²) in [4.78, 5) is 2.39. The number of morpholine rings is 1. The second-order valence-corrected chi connectivity index (χ2v) is 5.51. The van der Waals surface area contributed by atoms with Gasteiger partial charge >= 0.3 is 0 Å². The lowest BCUT2D eigenvalue weighted by atomic mass is 10.0. The van der Waals surface area contributed by atoms with Crippen molar-refractivity contribution >= 4 is 17.2 Å². The molecule has 0 aromatic heterocycles. The van der Waals surface area contributed by atoms with Crippen molar-refractivity contribution in [3.8, 4) is 0 Å². The summed E-state index contributed by atoms with van der Waals surface area (Å²) in [7, 11) is 0. The maximum Gasteiger partial charge on any atom is 0.128 e. The van der Waals surface area contributed by atoms with Crippen LogP contribution < -0.4 is 5.73 Å². The molecule has 3 unspecified atom stereocenters. The zero-order valence-electron chi connectivity index (χ0n) is 11.2. The molecule has 1 saturated heterocycles. The SMILES string of the molecule is CC1CN(C(C(N)=S)c2ccccc2F)CC(C)O1. The van der Waals surface area contributed by atoms with E-state index in [1.54, 1.807) is 18.2 Å². The van der Waals surface area contributed by atoms with Crippen molar-refractivity contribution in [3.05, 3.63) is 35.6 Å². The first-order valence-corrected chi connectivity index (χ1v) is 6.83. The Hall–Kier alpha value is -1.04. The van der Waals surface area contributed by atoms with Gasteiger partial charge in [0.25, 0.3) is 0 Å². The summed E-state index contributed by atoms with van der Waals surface area (Å²) in [6, 6.07) is 6.28. The van der Waals surface area contributed by atoms with Crippen molar-refractivity contribution < 1.29 is 9.13 Å². The Morgan fingerprint density at radius 2 is 1.95 bits per heavy atom. The maximum absolute atomic E-state index is 14.0. The minimum absolute atomic E-state index is 0.0902. The van der Waals surface area contributed by atoms with Crippen molar-refractivity contribution in [1.29, 1.82) is 0 Å². The Bertz CT molecular complexity index is 459. The molecule has 1 aliphatic rings. The Balaban J connectivity index is 2.31. The van der Waals surface area contributed by atoms with E-state index in [0.29, 0.717) is 23.6 Å². The Labute approximate surface area is 118 Å². The number of hydrogen-bond acceptors (Lipinski definition) is 3. The summed E-state index contributed by atoms with van der Waals surface area (Å²) in [6.07, 6.45) is 0.180. The first kappa shape index (κ1) is 14.4. The van der Waals surface area contributed by atoms with Gasteiger partial charge < -0.3 is 10.5 Å². The summed E-state index contributed by atoms with van der Waals surface area (Å²) < 4.78 is 19.7. The summed E-state index contributed by atoms with van der Waals surface area (Å²) in [5.41, 5.74) is 6.38. The topological polar surface area (TPSA) is 38.5 Å². The highest BCUT2D eigenvalue weighted by atomic mass is 32.1. The molecule has 19 heavy (non-hydrogen) atoms. The number of thiocarbonyl (C=S) groups is 1. The van der Waals surface area contributed by atoms with Gasteiger partial charge in [0, 0.05) is 18.7 Å². The molecule has 0 amide bonds. The van der Waals surface area contributed by atoms with Gasteiger partial charge in [-0.25, -0.2) is 4.39 Å². The predicted molar refractivity (Wildman–Crippen MR) is 77.5 cm³/mol. The summed E-state index contributed by atoms with van der Waals surface area (Å²) in [6.45, 7) is 5.39. The highest BCUT2D eigenvalue weighted by Crippen LogP contribution is 2.27. The van der Waals surface area contributed by atoms with E-state index in [0.717, 1.165) is 0 Å². The number of rotatable bonds is 3.